The Morgan fingerprint density at radius 1 is 1.21 bits per heavy atom. The lowest BCUT2D eigenvalue weighted by molar-refractivity contribution is -0.127. The van der Waals surface area contributed by atoms with Gasteiger partial charge in [-0.3, -0.25) is 14.5 Å². The minimum Gasteiger partial charge on any atom is -0.368 e. The van der Waals surface area contributed by atoms with Crippen molar-refractivity contribution in [2.75, 3.05) is 13.1 Å². The van der Waals surface area contributed by atoms with E-state index in [0.717, 1.165) is 17.5 Å². The smallest absolute Gasteiger partial charge is 0.235 e. The molecule has 2 aromatic rings. The molecule has 2 amide bonds. The van der Waals surface area contributed by atoms with E-state index in [1.54, 1.807) is 11.3 Å². The topological polar surface area (TPSA) is 75.4 Å². The van der Waals surface area contributed by atoms with Crippen molar-refractivity contribution in [1.82, 2.24) is 10.2 Å². The van der Waals surface area contributed by atoms with Crippen LogP contribution in [0.1, 0.15) is 16.0 Å². The molecule has 1 aromatic heterocycles. The van der Waals surface area contributed by atoms with Crippen LogP contribution in [-0.2, 0) is 29.0 Å². The van der Waals surface area contributed by atoms with Crippen LogP contribution in [0.25, 0.3) is 0 Å². The number of hydrogen-bond acceptors (Lipinski definition) is 4. The fourth-order valence-electron chi connectivity index (χ4n) is 3.04. The van der Waals surface area contributed by atoms with E-state index in [0.29, 0.717) is 19.5 Å². The first kappa shape index (κ1) is 16.7. The Kier molecular flexibility index (Phi) is 5.27. The summed E-state index contributed by atoms with van der Waals surface area (Å²) < 4.78 is 0. The zero-order chi connectivity index (χ0) is 16.9. The second-order valence-corrected chi connectivity index (χ2v) is 7.01. The summed E-state index contributed by atoms with van der Waals surface area (Å²) in [7, 11) is 0. The number of rotatable bonds is 6. The third kappa shape index (κ3) is 4.01. The molecule has 1 aromatic carbocycles. The molecule has 3 N–H and O–H groups in total. The Balaban J connectivity index is 1.58. The first-order valence-electron chi connectivity index (χ1n) is 8.02. The number of primary amides is 1. The van der Waals surface area contributed by atoms with Crippen LogP contribution in [0.15, 0.2) is 41.8 Å². The van der Waals surface area contributed by atoms with Gasteiger partial charge in [0.1, 0.15) is 0 Å². The van der Waals surface area contributed by atoms with Gasteiger partial charge in [0.2, 0.25) is 11.8 Å². The lowest BCUT2D eigenvalue weighted by Gasteiger charge is -2.34. The molecule has 0 spiro atoms. The van der Waals surface area contributed by atoms with E-state index in [1.807, 2.05) is 40.6 Å². The molecule has 24 heavy (non-hydrogen) atoms. The van der Waals surface area contributed by atoms with Gasteiger partial charge in [-0.25, -0.2) is 0 Å². The van der Waals surface area contributed by atoms with Crippen LogP contribution in [0.5, 0.6) is 0 Å². The normalized spacial score (nSPS) is 17.2. The summed E-state index contributed by atoms with van der Waals surface area (Å²) in [4.78, 5) is 27.1. The number of carbonyl (C=O) groups is 2. The van der Waals surface area contributed by atoms with Crippen molar-refractivity contribution in [3.8, 4) is 0 Å². The van der Waals surface area contributed by atoms with Crippen molar-refractivity contribution in [3.05, 3.63) is 57.8 Å². The Bertz CT molecular complexity index is 715. The van der Waals surface area contributed by atoms with Crippen molar-refractivity contribution < 1.29 is 9.59 Å². The molecule has 0 bridgehead atoms. The van der Waals surface area contributed by atoms with E-state index in [9.17, 15) is 9.59 Å². The van der Waals surface area contributed by atoms with E-state index in [2.05, 4.69) is 11.4 Å². The van der Waals surface area contributed by atoms with Crippen LogP contribution in [0.2, 0.25) is 0 Å². The van der Waals surface area contributed by atoms with Gasteiger partial charge in [-0.15, -0.1) is 11.3 Å². The van der Waals surface area contributed by atoms with Crippen LogP contribution in [0.3, 0.4) is 0 Å². The fraction of sp³-hybridized carbons (Fsp3) is 0.333. The van der Waals surface area contributed by atoms with Gasteiger partial charge < -0.3 is 11.1 Å². The molecule has 6 heteroatoms. The van der Waals surface area contributed by atoms with Crippen LogP contribution in [0.4, 0.5) is 0 Å². The quantitative estimate of drug-likeness (QED) is 0.831. The molecule has 2 heterocycles. The minimum atomic E-state index is -0.428. The van der Waals surface area contributed by atoms with Gasteiger partial charge in [0.15, 0.2) is 0 Å². The molecular formula is C18H21N3O2S. The molecular weight excluding hydrogens is 322 g/mol. The van der Waals surface area contributed by atoms with Gasteiger partial charge in [-0.2, -0.15) is 0 Å². The van der Waals surface area contributed by atoms with Gasteiger partial charge >= 0.3 is 0 Å². The molecule has 0 fully saturated rings. The molecule has 1 aliphatic heterocycles. The number of carbonyl (C=O) groups excluding carboxylic acids is 2. The van der Waals surface area contributed by atoms with E-state index >= 15 is 0 Å². The fourth-order valence-corrected chi connectivity index (χ4v) is 3.75. The second kappa shape index (κ2) is 7.59. The molecule has 0 aliphatic carbocycles. The van der Waals surface area contributed by atoms with Crippen LogP contribution in [0, 0.1) is 0 Å². The lowest BCUT2D eigenvalue weighted by atomic mass is 9.93. The molecule has 0 radical (unpaired) electrons. The summed E-state index contributed by atoms with van der Waals surface area (Å²) in [5.74, 6) is -0.451. The van der Waals surface area contributed by atoms with Gasteiger partial charge in [-0.05, 0) is 35.4 Å². The van der Waals surface area contributed by atoms with Crippen LogP contribution < -0.4 is 11.1 Å². The summed E-state index contributed by atoms with van der Waals surface area (Å²) in [5, 5.41) is 4.95. The third-order valence-corrected chi connectivity index (χ3v) is 5.23. The van der Waals surface area contributed by atoms with Gasteiger partial charge in [0, 0.05) is 18.0 Å². The summed E-state index contributed by atoms with van der Waals surface area (Å²) in [6, 6.07) is 11.6. The molecule has 126 valence electrons. The number of fused-ring (bicyclic) bond motifs is 1. The van der Waals surface area contributed by atoms with Gasteiger partial charge in [0.25, 0.3) is 0 Å². The standard InChI is InChI=1S/C18H21N3O2S/c19-18(23)16-10-13-4-1-2-5-14(13)11-21(16)12-17(22)20-8-7-15-6-3-9-24-15/h1-6,9,16H,7-8,10-12H2,(H2,19,23)(H,20,22). The average molecular weight is 343 g/mol. The predicted octanol–water partition coefficient (Wildman–Crippen LogP) is 1.32. The first-order valence-corrected chi connectivity index (χ1v) is 8.90. The van der Waals surface area contributed by atoms with Crippen molar-refractivity contribution >= 4 is 23.2 Å². The molecule has 0 saturated carbocycles. The Morgan fingerprint density at radius 3 is 2.71 bits per heavy atom. The molecule has 1 unspecified atom stereocenters. The SMILES string of the molecule is NC(=O)C1Cc2ccccc2CN1CC(=O)NCCc1cccs1. The summed E-state index contributed by atoms with van der Waals surface area (Å²) in [6.07, 6.45) is 1.39. The van der Waals surface area contributed by atoms with Crippen molar-refractivity contribution in [1.29, 1.82) is 0 Å². The Hall–Kier alpha value is -2.18. The highest BCUT2D eigenvalue weighted by Crippen LogP contribution is 2.22. The molecule has 5 nitrogen and oxygen atoms in total. The zero-order valence-electron chi connectivity index (χ0n) is 13.4. The number of hydrogen-bond donors (Lipinski definition) is 2. The van der Waals surface area contributed by atoms with E-state index in [4.69, 9.17) is 5.73 Å². The first-order chi connectivity index (χ1) is 11.6. The van der Waals surface area contributed by atoms with E-state index in [-0.39, 0.29) is 18.4 Å². The van der Waals surface area contributed by atoms with Crippen molar-refractivity contribution in [3.63, 3.8) is 0 Å². The summed E-state index contributed by atoms with van der Waals surface area (Å²) in [5.41, 5.74) is 7.83. The highest BCUT2D eigenvalue weighted by molar-refractivity contribution is 7.09. The number of nitrogens with zero attached hydrogens (tertiary/aromatic N) is 1. The average Bonchev–Trinajstić information content (AvgIpc) is 3.07. The Morgan fingerprint density at radius 2 is 2.00 bits per heavy atom. The number of thiophene rings is 1. The minimum absolute atomic E-state index is 0.0720. The highest BCUT2D eigenvalue weighted by Gasteiger charge is 2.30. The van der Waals surface area contributed by atoms with Crippen molar-refractivity contribution in [2.45, 2.75) is 25.4 Å². The second-order valence-electron chi connectivity index (χ2n) is 5.98. The maximum absolute atomic E-state index is 12.2. The largest absolute Gasteiger partial charge is 0.368 e. The van der Waals surface area contributed by atoms with E-state index in [1.165, 1.54) is 4.88 Å². The maximum atomic E-state index is 12.2. The maximum Gasteiger partial charge on any atom is 0.235 e. The lowest BCUT2D eigenvalue weighted by Crippen LogP contribution is -2.51. The number of nitrogens with two attached hydrogens (primary N) is 1. The summed E-state index contributed by atoms with van der Waals surface area (Å²) >= 11 is 1.68. The molecule has 1 atom stereocenters. The molecule has 0 saturated heterocycles. The number of amides is 2. The Labute approximate surface area is 145 Å². The monoisotopic (exact) mass is 343 g/mol. The van der Waals surface area contributed by atoms with Crippen LogP contribution >= 0.6 is 11.3 Å². The highest BCUT2D eigenvalue weighted by atomic mass is 32.1. The van der Waals surface area contributed by atoms with E-state index < -0.39 is 6.04 Å². The predicted molar refractivity (Wildman–Crippen MR) is 94.6 cm³/mol. The zero-order valence-corrected chi connectivity index (χ0v) is 14.2. The van der Waals surface area contributed by atoms with Crippen LogP contribution in [-0.4, -0.2) is 35.8 Å². The summed E-state index contributed by atoms with van der Waals surface area (Å²) in [6.45, 7) is 1.36. The molecule has 3 rings (SSSR count). The van der Waals surface area contributed by atoms with Crippen molar-refractivity contribution in [2.24, 2.45) is 5.73 Å². The third-order valence-electron chi connectivity index (χ3n) is 4.29. The van der Waals surface area contributed by atoms with Gasteiger partial charge in [0.05, 0.1) is 12.6 Å². The number of benzene rings is 1. The number of nitrogens with one attached hydrogen (secondary N) is 1. The van der Waals surface area contributed by atoms with Gasteiger partial charge in [-0.1, -0.05) is 30.3 Å². The molecule has 1 aliphatic rings.